The van der Waals surface area contributed by atoms with Gasteiger partial charge in [-0.05, 0) is 6.54 Å². The first-order chi connectivity index (χ1) is 8.61. The summed E-state index contributed by atoms with van der Waals surface area (Å²) in [5, 5.41) is 3.18. The van der Waals surface area contributed by atoms with Crippen LogP contribution in [0.1, 0.15) is 12.6 Å². The summed E-state index contributed by atoms with van der Waals surface area (Å²) in [7, 11) is -2.84. The van der Waals surface area contributed by atoms with Crippen molar-refractivity contribution in [3.05, 3.63) is 18.1 Å². The molecular weight excluding hydrogens is 252 g/mol. The Morgan fingerprint density at radius 3 is 2.56 bits per heavy atom. The third-order valence-electron chi connectivity index (χ3n) is 2.92. The van der Waals surface area contributed by atoms with Crippen molar-refractivity contribution in [2.24, 2.45) is 0 Å². The molecule has 0 aromatic carbocycles. The molecule has 0 spiro atoms. The molecule has 1 fully saturated rings. The summed E-state index contributed by atoms with van der Waals surface area (Å²) in [5.41, 5.74) is 0.894. The summed E-state index contributed by atoms with van der Waals surface area (Å²) in [5.74, 6) is 1.16. The van der Waals surface area contributed by atoms with Crippen LogP contribution in [0, 0.1) is 0 Å². The van der Waals surface area contributed by atoms with Crippen LogP contribution in [0.2, 0.25) is 0 Å². The first kappa shape index (κ1) is 13.2. The number of aromatic nitrogens is 2. The molecule has 100 valence electrons. The Hall–Kier alpha value is -1.21. The monoisotopic (exact) mass is 270 g/mol. The first-order valence-electron chi connectivity index (χ1n) is 6.08. The Morgan fingerprint density at radius 1 is 1.28 bits per heavy atom. The molecule has 1 N–H and O–H groups in total. The molecule has 7 heteroatoms. The lowest BCUT2D eigenvalue weighted by Gasteiger charge is -2.27. The number of hydrogen-bond acceptors (Lipinski definition) is 6. The molecule has 1 aliphatic rings. The summed E-state index contributed by atoms with van der Waals surface area (Å²) in [6.07, 6.45) is 3.45. The molecule has 18 heavy (non-hydrogen) atoms. The maximum Gasteiger partial charge on any atom is 0.153 e. The highest BCUT2D eigenvalue weighted by molar-refractivity contribution is 7.91. The molecule has 2 heterocycles. The molecule has 1 aromatic heterocycles. The highest BCUT2D eigenvalue weighted by Gasteiger charge is 2.22. The van der Waals surface area contributed by atoms with E-state index < -0.39 is 9.84 Å². The zero-order valence-electron chi connectivity index (χ0n) is 10.5. The smallest absolute Gasteiger partial charge is 0.153 e. The van der Waals surface area contributed by atoms with E-state index in [1.54, 1.807) is 12.4 Å². The van der Waals surface area contributed by atoms with Crippen molar-refractivity contribution in [2.75, 3.05) is 36.0 Å². The van der Waals surface area contributed by atoms with E-state index in [-0.39, 0.29) is 11.5 Å². The minimum atomic E-state index is -2.84. The quantitative estimate of drug-likeness (QED) is 0.818. The lowest BCUT2D eigenvalue weighted by atomic mass is 10.4. The molecule has 0 amide bonds. The van der Waals surface area contributed by atoms with Crippen LogP contribution in [-0.4, -0.2) is 49.5 Å². The van der Waals surface area contributed by atoms with E-state index in [2.05, 4.69) is 15.3 Å². The zero-order valence-corrected chi connectivity index (χ0v) is 11.3. The molecule has 0 radical (unpaired) electrons. The van der Waals surface area contributed by atoms with Crippen LogP contribution >= 0.6 is 0 Å². The van der Waals surface area contributed by atoms with E-state index in [0.717, 1.165) is 18.1 Å². The van der Waals surface area contributed by atoms with Crippen LogP contribution in [0.5, 0.6) is 0 Å². The largest absolute Gasteiger partial charge is 0.353 e. The number of anilines is 1. The molecule has 0 aliphatic carbocycles. The highest BCUT2D eigenvalue weighted by atomic mass is 32.2. The Kier molecular flexibility index (Phi) is 4.13. The van der Waals surface area contributed by atoms with E-state index >= 15 is 0 Å². The second-order valence-electron chi connectivity index (χ2n) is 4.29. The maximum absolute atomic E-state index is 11.3. The van der Waals surface area contributed by atoms with Gasteiger partial charge in [-0.2, -0.15) is 0 Å². The van der Waals surface area contributed by atoms with Crippen molar-refractivity contribution < 1.29 is 8.42 Å². The van der Waals surface area contributed by atoms with Crippen LogP contribution in [0.25, 0.3) is 0 Å². The number of nitrogens with one attached hydrogen (secondary N) is 1. The first-order valence-corrected chi connectivity index (χ1v) is 7.90. The van der Waals surface area contributed by atoms with Gasteiger partial charge in [0, 0.05) is 19.6 Å². The van der Waals surface area contributed by atoms with E-state index in [0.29, 0.717) is 19.6 Å². The standard InChI is InChI=1S/C11H18N4O2S/c1-2-12-7-10-8-14-11(9-13-10)15-3-5-18(16,17)6-4-15/h8-9,12H,2-7H2,1H3. The zero-order chi connectivity index (χ0) is 13.0. The van der Waals surface area contributed by atoms with Crippen LogP contribution in [0.4, 0.5) is 5.82 Å². The predicted molar refractivity (Wildman–Crippen MR) is 70.3 cm³/mol. The van der Waals surface area contributed by atoms with E-state index in [9.17, 15) is 8.42 Å². The maximum atomic E-state index is 11.3. The van der Waals surface area contributed by atoms with Gasteiger partial charge in [-0.15, -0.1) is 0 Å². The SMILES string of the molecule is CCNCc1cnc(N2CCS(=O)(=O)CC2)cn1. The molecule has 1 saturated heterocycles. The van der Waals surface area contributed by atoms with Gasteiger partial charge in [0.2, 0.25) is 0 Å². The second-order valence-corrected chi connectivity index (χ2v) is 6.59. The number of rotatable bonds is 4. The van der Waals surface area contributed by atoms with Gasteiger partial charge >= 0.3 is 0 Å². The Morgan fingerprint density at radius 2 is 2.00 bits per heavy atom. The summed E-state index contributed by atoms with van der Waals surface area (Å²) >= 11 is 0. The number of hydrogen-bond donors (Lipinski definition) is 1. The molecule has 6 nitrogen and oxygen atoms in total. The number of nitrogens with zero attached hydrogens (tertiary/aromatic N) is 3. The Balaban J connectivity index is 1.98. The van der Waals surface area contributed by atoms with Crippen LogP contribution < -0.4 is 10.2 Å². The van der Waals surface area contributed by atoms with Crippen LogP contribution in [0.3, 0.4) is 0 Å². The molecule has 0 bridgehead atoms. The summed E-state index contributed by atoms with van der Waals surface area (Å²) < 4.78 is 22.7. The average molecular weight is 270 g/mol. The third kappa shape index (κ3) is 3.39. The fourth-order valence-corrected chi connectivity index (χ4v) is 3.00. The molecule has 1 aromatic rings. The van der Waals surface area contributed by atoms with Gasteiger partial charge in [0.05, 0.1) is 29.6 Å². The van der Waals surface area contributed by atoms with Gasteiger partial charge in [-0.1, -0.05) is 6.92 Å². The minimum absolute atomic E-state index is 0.202. The van der Waals surface area contributed by atoms with Crippen molar-refractivity contribution in [2.45, 2.75) is 13.5 Å². The molecule has 0 atom stereocenters. The Bertz CT molecular complexity index is 472. The van der Waals surface area contributed by atoms with Gasteiger partial charge in [-0.25, -0.2) is 13.4 Å². The van der Waals surface area contributed by atoms with Crippen molar-refractivity contribution >= 4 is 15.7 Å². The van der Waals surface area contributed by atoms with Gasteiger partial charge in [0.25, 0.3) is 0 Å². The average Bonchev–Trinajstić information content (AvgIpc) is 2.37. The fourth-order valence-electron chi connectivity index (χ4n) is 1.80. The minimum Gasteiger partial charge on any atom is -0.353 e. The van der Waals surface area contributed by atoms with Crippen molar-refractivity contribution in [3.8, 4) is 0 Å². The lowest BCUT2D eigenvalue weighted by Crippen LogP contribution is -2.40. The van der Waals surface area contributed by atoms with Crippen molar-refractivity contribution in [3.63, 3.8) is 0 Å². The van der Waals surface area contributed by atoms with Crippen LogP contribution in [-0.2, 0) is 16.4 Å². The topological polar surface area (TPSA) is 75.2 Å². The van der Waals surface area contributed by atoms with Gasteiger partial charge < -0.3 is 10.2 Å². The second kappa shape index (κ2) is 5.62. The van der Waals surface area contributed by atoms with E-state index in [4.69, 9.17) is 0 Å². The molecular formula is C11H18N4O2S. The molecule has 0 saturated carbocycles. The predicted octanol–water partition coefficient (Wildman–Crippen LogP) is -0.179. The summed E-state index contributed by atoms with van der Waals surface area (Å²) in [6.45, 7) is 4.65. The molecule has 2 rings (SSSR count). The van der Waals surface area contributed by atoms with E-state index in [1.807, 2.05) is 11.8 Å². The van der Waals surface area contributed by atoms with Crippen LogP contribution in [0.15, 0.2) is 12.4 Å². The number of sulfone groups is 1. The summed E-state index contributed by atoms with van der Waals surface area (Å²) in [4.78, 5) is 10.6. The van der Waals surface area contributed by atoms with E-state index in [1.165, 1.54) is 0 Å². The van der Waals surface area contributed by atoms with Gasteiger partial charge in [-0.3, -0.25) is 4.98 Å². The van der Waals surface area contributed by atoms with Crippen molar-refractivity contribution in [1.29, 1.82) is 0 Å². The molecule has 0 unspecified atom stereocenters. The van der Waals surface area contributed by atoms with Crippen molar-refractivity contribution in [1.82, 2.24) is 15.3 Å². The third-order valence-corrected chi connectivity index (χ3v) is 4.53. The normalized spacial score (nSPS) is 18.8. The summed E-state index contributed by atoms with van der Waals surface area (Å²) in [6, 6.07) is 0. The molecule has 1 aliphatic heterocycles. The van der Waals surface area contributed by atoms with Gasteiger partial charge in [0.1, 0.15) is 5.82 Å². The Labute approximate surface area is 107 Å². The fraction of sp³-hybridized carbons (Fsp3) is 0.636. The highest BCUT2D eigenvalue weighted by Crippen LogP contribution is 2.13. The lowest BCUT2D eigenvalue weighted by molar-refractivity contribution is 0.586. The van der Waals surface area contributed by atoms with Gasteiger partial charge in [0.15, 0.2) is 9.84 Å².